The fraction of sp³-hybridized carbons (Fsp3) is 0.261. The SMILES string of the molecule is Cc1cc(C)c2c(c1)c(C)cc1nnc(SCCC(=O)Nc3cccc(C(F)(F)F)c3)n12. The molecule has 0 atom stereocenters. The second-order valence-electron chi connectivity index (χ2n) is 7.71. The van der Waals surface area contributed by atoms with Crippen LogP contribution in [-0.4, -0.2) is 26.3 Å². The molecule has 4 aromatic rings. The second kappa shape index (κ2) is 8.46. The summed E-state index contributed by atoms with van der Waals surface area (Å²) < 4.78 is 40.5. The van der Waals surface area contributed by atoms with Gasteiger partial charge in [0.05, 0.1) is 11.1 Å². The number of aromatic nitrogens is 3. The van der Waals surface area contributed by atoms with Gasteiger partial charge in [0.2, 0.25) is 5.91 Å². The predicted octanol–water partition coefficient (Wildman–Crippen LogP) is 5.95. The Kier molecular flexibility index (Phi) is 5.85. The van der Waals surface area contributed by atoms with Crippen LogP contribution in [0.25, 0.3) is 16.6 Å². The fourth-order valence-electron chi connectivity index (χ4n) is 3.74. The lowest BCUT2D eigenvalue weighted by molar-refractivity contribution is -0.137. The van der Waals surface area contributed by atoms with E-state index in [9.17, 15) is 18.0 Å². The smallest absolute Gasteiger partial charge is 0.326 e. The van der Waals surface area contributed by atoms with Crippen molar-refractivity contribution in [3.63, 3.8) is 0 Å². The van der Waals surface area contributed by atoms with Crippen molar-refractivity contribution in [2.45, 2.75) is 38.5 Å². The van der Waals surface area contributed by atoms with Gasteiger partial charge in [-0.2, -0.15) is 13.2 Å². The van der Waals surface area contributed by atoms with Gasteiger partial charge in [0.25, 0.3) is 0 Å². The Morgan fingerprint density at radius 1 is 1.06 bits per heavy atom. The quantitative estimate of drug-likeness (QED) is 0.376. The second-order valence-corrected chi connectivity index (χ2v) is 8.77. The molecule has 0 radical (unpaired) electrons. The average Bonchev–Trinajstić information content (AvgIpc) is 3.10. The Morgan fingerprint density at radius 2 is 1.84 bits per heavy atom. The number of aryl methyl sites for hydroxylation is 3. The number of amides is 1. The molecule has 4 rings (SSSR count). The summed E-state index contributed by atoms with van der Waals surface area (Å²) in [5.41, 5.74) is 4.49. The minimum atomic E-state index is -4.46. The number of pyridine rings is 1. The number of nitrogens with zero attached hydrogens (tertiary/aromatic N) is 3. The third-order valence-electron chi connectivity index (χ3n) is 5.13. The number of halogens is 3. The summed E-state index contributed by atoms with van der Waals surface area (Å²) in [6, 6.07) is 10.8. The van der Waals surface area contributed by atoms with Crippen LogP contribution in [0.4, 0.5) is 18.9 Å². The van der Waals surface area contributed by atoms with Crippen LogP contribution in [0.2, 0.25) is 0 Å². The average molecular weight is 459 g/mol. The molecule has 0 aliphatic carbocycles. The lowest BCUT2D eigenvalue weighted by atomic mass is 10.0. The van der Waals surface area contributed by atoms with Crippen LogP contribution in [0.1, 0.15) is 28.7 Å². The molecule has 0 unspecified atom stereocenters. The van der Waals surface area contributed by atoms with E-state index in [2.05, 4.69) is 34.6 Å². The Balaban J connectivity index is 1.50. The van der Waals surface area contributed by atoms with E-state index >= 15 is 0 Å². The molecular formula is C23H21F3N4OS. The zero-order valence-corrected chi connectivity index (χ0v) is 18.6. The molecule has 1 amide bonds. The van der Waals surface area contributed by atoms with Crippen LogP contribution in [0, 0.1) is 20.8 Å². The van der Waals surface area contributed by atoms with Gasteiger partial charge in [0.15, 0.2) is 10.8 Å². The molecule has 0 fully saturated rings. The van der Waals surface area contributed by atoms with Crippen LogP contribution in [0.15, 0.2) is 47.6 Å². The van der Waals surface area contributed by atoms with Crippen molar-refractivity contribution >= 4 is 39.9 Å². The maximum atomic E-state index is 12.8. The Labute approximate surface area is 187 Å². The van der Waals surface area contributed by atoms with Crippen molar-refractivity contribution < 1.29 is 18.0 Å². The number of thioether (sulfide) groups is 1. The first-order valence-electron chi connectivity index (χ1n) is 9.99. The molecule has 0 saturated heterocycles. The minimum Gasteiger partial charge on any atom is -0.326 e. The molecule has 1 N–H and O–H groups in total. The lowest BCUT2D eigenvalue weighted by Gasteiger charge is -2.11. The van der Waals surface area contributed by atoms with Gasteiger partial charge in [-0.1, -0.05) is 29.5 Å². The summed E-state index contributed by atoms with van der Waals surface area (Å²) in [5, 5.41) is 12.9. The molecule has 9 heteroatoms. The number of benzene rings is 2. The molecule has 5 nitrogen and oxygen atoms in total. The number of hydrogen-bond acceptors (Lipinski definition) is 4. The summed E-state index contributed by atoms with van der Waals surface area (Å²) in [6.07, 6.45) is -4.33. The van der Waals surface area contributed by atoms with Crippen LogP contribution in [0.5, 0.6) is 0 Å². The van der Waals surface area contributed by atoms with Crippen LogP contribution < -0.4 is 5.32 Å². The van der Waals surface area contributed by atoms with Gasteiger partial charge in [0.1, 0.15) is 0 Å². The maximum absolute atomic E-state index is 12.8. The van der Waals surface area contributed by atoms with E-state index in [1.165, 1.54) is 29.5 Å². The van der Waals surface area contributed by atoms with E-state index in [1.807, 2.05) is 24.3 Å². The van der Waals surface area contributed by atoms with Crippen LogP contribution in [-0.2, 0) is 11.0 Å². The van der Waals surface area contributed by atoms with Crippen molar-refractivity contribution in [2.24, 2.45) is 0 Å². The molecule has 2 aromatic heterocycles. The lowest BCUT2D eigenvalue weighted by Crippen LogP contribution is -2.13. The number of hydrogen-bond donors (Lipinski definition) is 1. The third-order valence-corrected chi connectivity index (χ3v) is 6.06. The van der Waals surface area contributed by atoms with Crippen LogP contribution in [0.3, 0.4) is 0 Å². The van der Waals surface area contributed by atoms with E-state index in [1.54, 1.807) is 0 Å². The van der Waals surface area contributed by atoms with Crippen molar-refractivity contribution in [1.82, 2.24) is 14.6 Å². The minimum absolute atomic E-state index is 0.121. The molecule has 2 aromatic carbocycles. The zero-order valence-electron chi connectivity index (χ0n) is 17.7. The maximum Gasteiger partial charge on any atom is 0.416 e. The van der Waals surface area contributed by atoms with E-state index in [4.69, 9.17) is 0 Å². The van der Waals surface area contributed by atoms with Gasteiger partial charge in [-0.25, -0.2) is 0 Å². The molecule has 0 aliphatic rings. The number of nitrogens with one attached hydrogen (secondary N) is 1. The highest BCUT2D eigenvalue weighted by Crippen LogP contribution is 2.31. The summed E-state index contributed by atoms with van der Waals surface area (Å²) in [7, 11) is 0. The zero-order chi connectivity index (χ0) is 23.0. The van der Waals surface area contributed by atoms with E-state index in [0.29, 0.717) is 10.9 Å². The van der Waals surface area contributed by atoms with Gasteiger partial charge >= 0.3 is 6.18 Å². The highest BCUT2D eigenvalue weighted by molar-refractivity contribution is 7.99. The Bertz CT molecular complexity index is 1330. The van der Waals surface area contributed by atoms with Gasteiger partial charge in [0, 0.05) is 23.2 Å². The summed E-state index contributed by atoms with van der Waals surface area (Å²) in [5.74, 6) is 0.0458. The first-order chi connectivity index (χ1) is 15.1. The van der Waals surface area contributed by atoms with Gasteiger partial charge < -0.3 is 5.32 Å². The summed E-state index contributed by atoms with van der Waals surface area (Å²) >= 11 is 1.38. The van der Waals surface area contributed by atoms with Gasteiger partial charge in [-0.05, 0) is 62.2 Å². The first-order valence-corrected chi connectivity index (χ1v) is 11.0. The molecule has 166 valence electrons. The molecule has 0 aliphatic heterocycles. The molecule has 0 bridgehead atoms. The van der Waals surface area contributed by atoms with Gasteiger partial charge in [-0.3, -0.25) is 9.20 Å². The number of carbonyl (C=O) groups is 1. The Hall–Kier alpha value is -3.07. The molecule has 32 heavy (non-hydrogen) atoms. The number of fused-ring (bicyclic) bond motifs is 3. The fourth-order valence-corrected chi connectivity index (χ4v) is 4.62. The normalized spacial score (nSPS) is 11.9. The van der Waals surface area contributed by atoms with E-state index < -0.39 is 11.7 Å². The first kappa shape index (κ1) is 22.1. The van der Waals surface area contributed by atoms with Crippen LogP contribution >= 0.6 is 11.8 Å². The summed E-state index contributed by atoms with van der Waals surface area (Å²) in [4.78, 5) is 12.3. The van der Waals surface area contributed by atoms with E-state index in [-0.39, 0.29) is 18.0 Å². The topological polar surface area (TPSA) is 59.3 Å². The van der Waals surface area contributed by atoms with Crippen molar-refractivity contribution in [2.75, 3.05) is 11.1 Å². The highest BCUT2D eigenvalue weighted by Gasteiger charge is 2.30. The highest BCUT2D eigenvalue weighted by atomic mass is 32.2. The monoisotopic (exact) mass is 458 g/mol. The van der Waals surface area contributed by atoms with Crippen molar-refractivity contribution in [3.05, 3.63) is 64.7 Å². The molecule has 0 spiro atoms. The number of rotatable bonds is 5. The number of anilines is 1. The van der Waals surface area contributed by atoms with Gasteiger partial charge in [-0.15, -0.1) is 10.2 Å². The predicted molar refractivity (Wildman–Crippen MR) is 120 cm³/mol. The largest absolute Gasteiger partial charge is 0.416 e. The Morgan fingerprint density at radius 3 is 2.59 bits per heavy atom. The van der Waals surface area contributed by atoms with E-state index in [0.717, 1.165) is 39.8 Å². The van der Waals surface area contributed by atoms with Crippen molar-refractivity contribution in [3.8, 4) is 0 Å². The summed E-state index contributed by atoms with van der Waals surface area (Å²) in [6.45, 7) is 6.15. The third kappa shape index (κ3) is 4.43. The molecule has 2 heterocycles. The molecule has 0 saturated carbocycles. The number of alkyl halides is 3. The van der Waals surface area contributed by atoms with Crippen molar-refractivity contribution in [1.29, 1.82) is 0 Å². The number of carbonyl (C=O) groups excluding carboxylic acids is 1. The standard InChI is InChI=1S/C23H21F3N4OS/c1-13-9-15(3)21-18(10-13)14(2)11-19-28-29-22(30(19)21)32-8-7-20(31)27-17-6-4-5-16(12-17)23(24,25)26/h4-6,9-12H,7-8H2,1-3H3,(H,27,31). The molecular weight excluding hydrogens is 437 g/mol.